The quantitative estimate of drug-likeness (QED) is 0.587. The molecule has 196 valence electrons. The maximum atomic E-state index is 13.6. The Morgan fingerprint density at radius 1 is 1.22 bits per heavy atom. The minimum atomic E-state index is -3.65. The predicted molar refractivity (Wildman–Crippen MR) is 130 cm³/mol. The molecule has 5 atom stereocenters. The molecule has 2 aromatic rings. The van der Waals surface area contributed by atoms with Crippen molar-refractivity contribution in [1.82, 2.24) is 25.7 Å². The molecule has 1 aliphatic heterocycles. The molecule has 9 nitrogen and oxygen atoms in total. The lowest BCUT2D eigenvalue weighted by molar-refractivity contribution is -0.150. The Hall–Kier alpha value is -3.68. The number of nitriles is 1. The maximum absolute atomic E-state index is 13.6. The van der Waals surface area contributed by atoms with Crippen LogP contribution in [0, 0.1) is 34.5 Å². The van der Waals surface area contributed by atoms with Gasteiger partial charge in [-0.15, -0.1) is 0 Å². The number of piperidine rings is 1. The second-order valence-electron chi connectivity index (χ2n) is 10.9. The number of carbonyl (C=O) groups is 3. The molecule has 2 aliphatic rings. The van der Waals surface area contributed by atoms with Gasteiger partial charge in [-0.25, -0.2) is 0 Å². The molecule has 1 aromatic heterocycles. The molecular weight excluding hydrogens is 482 g/mol. The number of benzene rings is 1. The van der Waals surface area contributed by atoms with E-state index in [0.29, 0.717) is 12.3 Å². The maximum Gasteiger partial charge on any atom is 0.321 e. The lowest BCUT2D eigenvalue weighted by atomic mass is 9.97. The van der Waals surface area contributed by atoms with Gasteiger partial charge in [0.1, 0.15) is 17.8 Å². The van der Waals surface area contributed by atoms with Gasteiger partial charge in [-0.2, -0.15) is 24.2 Å². The summed E-state index contributed by atoms with van der Waals surface area (Å²) in [6.07, 6.45) is 1.56. The van der Waals surface area contributed by atoms with Crippen LogP contribution in [0.1, 0.15) is 46.4 Å². The fourth-order valence-electron chi connectivity index (χ4n) is 5.43. The second-order valence-corrected chi connectivity index (χ2v) is 10.9. The number of likely N-dealkylation sites (tertiary alicyclic amines) is 1. The Labute approximate surface area is 213 Å². The lowest BCUT2D eigenvalue weighted by Gasteiger charge is -2.34. The molecule has 0 radical (unpaired) electrons. The molecule has 0 spiro atoms. The molecule has 1 aliphatic carbocycles. The second kappa shape index (κ2) is 9.32. The summed E-state index contributed by atoms with van der Waals surface area (Å²) in [5.41, 5.74) is 0.0710. The number of halogens is 2. The highest BCUT2D eigenvalue weighted by atomic mass is 19.3. The van der Waals surface area contributed by atoms with E-state index in [1.54, 1.807) is 32.2 Å². The van der Waals surface area contributed by atoms with E-state index in [2.05, 4.69) is 26.9 Å². The number of fused-ring (bicyclic) bond motifs is 2. The molecule has 1 saturated carbocycles. The number of nitrogens with one attached hydrogen (secondary N) is 2. The molecule has 0 bridgehead atoms. The van der Waals surface area contributed by atoms with Crippen molar-refractivity contribution < 1.29 is 23.2 Å². The average Bonchev–Trinajstić information content (AvgIpc) is 3.17. The van der Waals surface area contributed by atoms with Gasteiger partial charge in [-0.05, 0) is 23.2 Å². The number of rotatable bonds is 7. The topological polar surface area (TPSA) is 128 Å². The summed E-state index contributed by atoms with van der Waals surface area (Å²) in [6, 6.07) is 6.00. The number of alkyl halides is 2. The standard InChI is InChI=1S/C26H30F2N6O3/c1-13(2)19(32-24(37)26(5,27)28)23(36)34-12-16-18(25(16,3)4)21(34)22(35)31-17(10-29)20-15-9-7-6-8-14(15)11-30-33-20/h6-9,11,13,16-19,21H,12H2,1-5H3,(H,31,35)(H,32,37)/t16-,17?,18-,19-,21-/m0/s1. The molecule has 1 unspecified atom stereocenters. The first-order valence-corrected chi connectivity index (χ1v) is 12.2. The fraction of sp³-hybridized carbons (Fsp3) is 0.538. The van der Waals surface area contributed by atoms with Crippen LogP contribution in [0.15, 0.2) is 30.5 Å². The molecule has 2 heterocycles. The Morgan fingerprint density at radius 3 is 2.51 bits per heavy atom. The van der Waals surface area contributed by atoms with Crippen LogP contribution in [0.3, 0.4) is 0 Å². The van der Waals surface area contributed by atoms with E-state index in [-0.39, 0.29) is 29.5 Å². The van der Waals surface area contributed by atoms with E-state index in [1.165, 1.54) is 4.90 Å². The summed E-state index contributed by atoms with van der Waals surface area (Å²) in [5, 5.41) is 24.2. The number of carbonyl (C=O) groups excluding carboxylic acids is 3. The van der Waals surface area contributed by atoms with Crippen molar-refractivity contribution in [2.24, 2.45) is 23.2 Å². The summed E-state index contributed by atoms with van der Waals surface area (Å²) in [4.78, 5) is 40.5. The number of hydrogen-bond acceptors (Lipinski definition) is 6. The summed E-state index contributed by atoms with van der Waals surface area (Å²) in [7, 11) is 0. The lowest BCUT2D eigenvalue weighted by Crippen LogP contribution is -2.58. The van der Waals surface area contributed by atoms with Gasteiger partial charge >= 0.3 is 5.92 Å². The van der Waals surface area contributed by atoms with Crippen molar-refractivity contribution in [2.75, 3.05) is 6.54 Å². The van der Waals surface area contributed by atoms with Crippen molar-refractivity contribution in [2.45, 2.75) is 58.7 Å². The summed E-state index contributed by atoms with van der Waals surface area (Å²) in [6.45, 7) is 7.99. The highest BCUT2D eigenvalue weighted by Crippen LogP contribution is 2.65. The minimum Gasteiger partial charge on any atom is -0.339 e. The zero-order valence-electron chi connectivity index (χ0n) is 21.3. The SMILES string of the molecule is CC(C)[C@H](NC(=O)C(C)(F)F)C(=O)N1C[C@H]2[C@@H]([C@H]1C(=O)NC(C#N)c1nncc3ccccc13)C2(C)C. The van der Waals surface area contributed by atoms with Crippen LogP contribution in [0.25, 0.3) is 10.8 Å². The van der Waals surface area contributed by atoms with Crippen LogP contribution < -0.4 is 10.6 Å². The summed E-state index contributed by atoms with van der Waals surface area (Å²) in [5.74, 6) is -6.99. The third-order valence-electron chi connectivity index (χ3n) is 7.67. The van der Waals surface area contributed by atoms with E-state index in [1.807, 2.05) is 26.0 Å². The van der Waals surface area contributed by atoms with Crippen molar-refractivity contribution in [3.63, 3.8) is 0 Å². The molecular formula is C26H30F2N6O3. The smallest absolute Gasteiger partial charge is 0.321 e. The van der Waals surface area contributed by atoms with Crippen molar-refractivity contribution in [1.29, 1.82) is 5.26 Å². The molecule has 37 heavy (non-hydrogen) atoms. The van der Waals surface area contributed by atoms with Crippen LogP contribution in [0.2, 0.25) is 0 Å². The van der Waals surface area contributed by atoms with Crippen molar-refractivity contribution >= 4 is 28.5 Å². The van der Waals surface area contributed by atoms with E-state index >= 15 is 0 Å². The Morgan fingerprint density at radius 2 is 1.89 bits per heavy atom. The highest BCUT2D eigenvalue weighted by Gasteiger charge is 2.69. The van der Waals surface area contributed by atoms with Crippen LogP contribution in [0.4, 0.5) is 8.78 Å². The van der Waals surface area contributed by atoms with Crippen LogP contribution in [-0.4, -0.2) is 57.4 Å². The van der Waals surface area contributed by atoms with Crippen LogP contribution >= 0.6 is 0 Å². The molecule has 3 amide bonds. The number of hydrogen-bond donors (Lipinski definition) is 2. The van der Waals surface area contributed by atoms with E-state index in [9.17, 15) is 28.4 Å². The van der Waals surface area contributed by atoms with Crippen LogP contribution in [-0.2, 0) is 14.4 Å². The molecule has 2 fully saturated rings. The zero-order valence-corrected chi connectivity index (χ0v) is 21.3. The van der Waals surface area contributed by atoms with Gasteiger partial charge < -0.3 is 15.5 Å². The first-order chi connectivity index (χ1) is 17.3. The van der Waals surface area contributed by atoms with Crippen molar-refractivity contribution in [3.05, 3.63) is 36.2 Å². The fourth-order valence-corrected chi connectivity index (χ4v) is 5.43. The Kier molecular flexibility index (Phi) is 6.65. The van der Waals surface area contributed by atoms with Gasteiger partial charge in [-0.3, -0.25) is 14.4 Å². The number of amides is 3. The number of aromatic nitrogens is 2. The third-order valence-corrected chi connectivity index (χ3v) is 7.67. The summed E-state index contributed by atoms with van der Waals surface area (Å²) >= 11 is 0. The third kappa shape index (κ3) is 4.72. The van der Waals surface area contributed by atoms with Gasteiger partial charge in [-0.1, -0.05) is 52.0 Å². The van der Waals surface area contributed by atoms with E-state index in [0.717, 1.165) is 5.39 Å². The van der Waals surface area contributed by atoms with Crippen LogP contribution in [0.5, 0.6) is 0 Å². The van der Waals surface area contributed by atoms with E-state index < -0.39 is 47.7 Å². The van der Waals surface area contributed by atoms with E-state index in [4.69, 9.17) is 0 Å². The Balaban J connectivity index is 1.61. The average molecular weight is 513 g/mol. The molecule has 11 heteroatoms. The van der Waals surface area contributed by atoms with Gasteiger partial charge in [0, 0.05) is 24.2 Å². The van der Waals surface area contributed by atoms with Gasteiger partial charge in [0.25, 0.3) is 5.91 Å². The number of nitrogens with zero attached hydrogens (tertiary/aromatic N) is 4. The molecule has 1 saturated heterocycles. The molecule has 2 N–H and O–H groups in total. The predicted octanol–water partition coefficient (Wildman–Crippen LogP) is 2.59. The van der Waals surface area contributed by atoms with Gasteiger partial charge in [0.05, 0.1) is 12.3 Å². The zero-order chi connectivity index (χ0) is 27.3. The first-order valence-electron chi connectivity index (χ1n) is 12.2. The Bertz CT molecular complexity index is 1280. The first kappa shape index (κ1) is 26.4. The minimum absolute atomic E-state index is 0.0289. The van der Waals surface area contributed by atoms with Gasteiger partial charge in [0.2, 0.25) is 11.8 Å². The highest BCUT2D eigenvalue weighted by molar-refractivity contribution is 5.95. The largest absolute Gasteiger partial charge is 0.339 e. The van der Waals surface area contributed by atoms with Gasteiger partial charge in [0.15, 0.2) is 6.04 Å². The molecule has 1 aromatic carbocycles. The monoisotopic (exact) mass is 512 g/mol. The molecule has 4 rings (SSSR count). The van der Waals surface area contributed by atoms with Crippen molar-refractivity contribution in [3.8, 4) is 6.07 Å². The summed E-state index contributed by atoms with van der Waals surface area (Å²) < 4.78 is 27.1. The normalized spacial score (nSPS) is 23.6.